The predicted octanol–water partition coefficient (Wildman–Crippen LogP) is 8.00. The van der Waals surface area contributed by atoms with Crippen LogP contribution in [0.4, 0.5) is 0 Å². The Morgan fingerprint density at radius 3 is 2.68 bits per heavy atom. The van der Waals surface area contributed by atoms with Gasteiger partial charge in [0, 0.05) is 25.8 Å². The Bertz CT molecular complexity index is 1490. The lowest BCUT2D eigenvalue weighted by atomic mass is 9.82. The maximum absolute atomic E-state index is 4.80. The van der Waals surface area contributed by atoms with Crippen molar-refractivity contribution in [1.29, 1.82) is 0 Å². The summed E-state index contributed by atoms with van der Waals surface area (Å²) in [6.07, 6.45) is 2.87. The van der Waals surface area contributed by atoms with Gasteiger partial charge in [-0.25, -0.2) is 9.97 Å². The van der Waals surface area contributed by atoms with Crippen molar-refractivity contribution >= 4 is 54.2 Å². The Labute approximate surface area is 190 Å². The predicted molar refractivity (Wildman–Crippen MR) is 136 cm³/mol. The van der Waals surface area contributed by atoms with E-state index in [0.717, 1.165) is 17.6 Å². The minimum absolute atomic E-state index is 0.0517. The third kappa shape index (κ3) is 3.00. The van der Waals surface area contributed by atoms with Gasteiger partial charge in [0.25, 0.3) is 0 Å². The summed E-state index contributed by atoms with van der Waals surface area (Å²) >= 11 is 3.82. The van der Waals surface area contributed by atoms with Crippen LogP contribution in [0.1, 0.15) is 38.8 Å². The molecule has 0 bridgehead atoms. The van der Waals surface area contributed by atoms with E-state index in [1.165, 1.54) is 47.1 Å². The first-order valence-electron chi connectivity index (χ1n) is 10.8. The average molecular weight is 441 g/mol. The summed E-state index contributed by atoms with van der Waals surface area (Å²) in [7, 11) is 0. The van der Waals surface area contributed by atoms with Gasteiger partial charge in [0.1, 0.15) is 6.33 Å². The lowest BCUT2D eigenvalue weighted by molar-refractivity contribution is 0.596. The highest BCUT2D eigenvalue weighted by atomic mass is 32.2. The van der Waals surface area contributed by atoms with Crippen molar-refractivity contribution in [3.8, 4) is 11.3 Å². The van der Waals surface area contributed by atoms with Crippen LogP contribution >= 0.6 is 23.1 Å². The Morgan fingerprint density at radius 1 is 1.00 bits per heavy atom. The molecule has 2 nitrogen and oxygen atoms in total. The van der Waals surface area contributed by atoms with E-state index in [1.807, 2.05) is 23.1 Å². The molecule has 3 aromatic carbocycles. The Hall–Kier alpha value is -2.43. The molecular formula is C27H24N2S2. The highest BCUT2D eigenvalue weighted by molar-refractivity contribution is 8.00. The molecular weight excluding hydrogens is 416 g/mol. The van der Waals surface area contributed by atoms with E-state index in [1.54, 1.807) is 6.33 Å². The van der Waals surface area contributed by atoms with E-state index in [9.17, 15) is 0 Å². The molecule has 0 spiro atoms. The second kappa shape index (κ2) is 6.78. The molecule has 0 saturated carbocycles. The summed E-state index contributed by atoms with van der Waals surface area (Å²) in [5, 5.41) is 4.56. The Kier molecular flexibility index (Phi) is 4.22. The molecule has 6 rings (SSSR count). The van der Waals surface area contributed by atoms with Crippen molar-refractivity contribution in [2.24, 2.45) is 0 Å². The lowest BCUT2D eigenvalue weighted by Gasteiger charge is -2.22. The van der Waals surface area contributed by atoms with E-state index in [0.29, 0.717) is 5.25 Å². The summed E-state index contributed by atoms with van der Waals surface area (Å²) in [6, 6.07) is 17.9. The van der Waals surface area contributed by atoms with Gasteiger partial charge in [-0.2, -0.15) is 0 Å². The standard InChI is InChI=1S/C27H24N2S2/c1-15-11-19-21(30-15)9-10-22-23(19)25-26(31-22)24(28-14-29-25)17-12-16-7-5-6-8-18(16)20(13-17)27(2,3)4/h5-10,12-15H,11H2,1-4H3. The van der Waals surface area contributed by atoms with Gasteiger partial charge in [0.05, 0.1) is 15.9 Å². The molecule has 0 aliphatic carbocycles. The van der Waals surface area contributed by atoms with Gasteiger partial charge in [-0.3, -0.25) is 0 Å². The van der Waals surface area contributed by atoms with Gasteiger partial charge < -0.3 is 0 Å². The summed E-state index contributed by atoms with van der Waals surface area (Å²) in [5.74, 6) is 0. The summed E-state index contributed by atoms with van der Waals surface area (Å²) in [5.41, 5.74) is 6.23. The van der Waals surface area contributed by atoms with E-state index in [-0.39, 0.29) is 5.41 Å². The first kappa shape index (κ1) is 19.3. The molecule has 0 amide bonds. The highest BCUT2D eigenvalue weighted by Gasteiger charge is 2.25. The smallest absolute Gasteiger partial charge is 0.116 e. The van der Waals surface area contributed by atoms with Crippen molar-refractivity contribution in [3.63, 3.8) is 0 Å². The largest absolute Gasteiger partial charge is 0.235 e. The molecule has 0 saturated heterocycles. The minimum Gasteiger partial charge on any atom is -0.235 e. The second-order valence-corrected chi connectivity index (χ2v) is 12.1. The molecule has 1 unspecified atom stereocenters. The van der Waals surface area contributed by atoms with Crippen LogP contribution in [0.5, 0.6) is 0 Å². The van der Waals surface area contributed by atoms with Gasteiger partial charge in [-0.1, -0.05) is 52.0 Å². The summed E-state index contributed by atoms with van der Waals surface area (Å²) in [6.45, 7) is 9.18. The van der Waals surface area contributed by atoms with E-state index >= 15 is 0 Å². The molecule has 1 atom stereocenters. The molecule has 3 heterocycles. The zero-order valence-corrected chi connectivity index (χ0v) is 19.8. The fourth-order valence-corrected chi connectivity index (χ4v) is 7.20. The van der Waals surface area contributed by atoms with Gasteiger partial charge in [0.15, 0.2) is 0 Å². The number of aromatic nitrogens is 2. The van der Waals surface area contributed by atoms with Crippen LogP contribution in [0.25, 0.3) is 42.3 Å². The number of fused-ring (bicyclic) bond motifs is 6. The first-order chi connectivity index (χ1) is 14.9. The number of rotatable bonds is 1. The van der Waals surface area contributed by atoms with Crippen LogP contribution < -0.4 is 0 Å². The van der Waals surface area contributed by atoms with Crippen LogP contribution in [0.3, 0.4) is 0 Å². The highest BCUT2D eigenvalue weighted by Crippen LogP contribution is 2.47. The van der Waals surface area contributed by atoms with Crippen molar-refractivity contribution in [2.75, 3.05) is 0 Å². The van der Waals surface area contributed by atoms with E-state index in [4.69, 9.17) is 9.97 Å². The topological polar surface area (TPSA) is 25.8 Å². The van der Waals surface area contributed by atoms with Gasteiger partial charge in [0.2, 0.25) is 0 Å². The molecule has 1 aliphatic rings. The fourth-order valence-electron chi connectivity index (χ4n) is 4.84. The molecule has 4 heteroatoms. The number of benzene rings is 3. The number of hydrogen-bond acceptors (Lipinski definition) is 4. The molecule has 0 radical (unpaired) electrons. The van der Waals surface area contributed by atoms with Crippen molar-refractivity contribution in [1.82, 2.24) is 9.97 Å². The summed E-state index contributed by atoms with van der Waals surface area (Å²) in [4.78, 5) is 11.0. The number of nitrogens with zero attached hydrogens (tertiary/aromatic N) is 2. The average Bonchev–Trinajstić information content (AvgIpc) is 3.31. The van der Waals surface area contributed by atoms with Gasteiger partial charge >= 0.3 is 0 Å². The Morgan fingerprint density at radius 2 is 1.84 bits per heavy atom. The third-order valence-electron chi connectivity index (χ3n) is 6.25. The zero-order chi connectivity index (χ0) is 21.3. The van der Waals surface area contributed by atoms with Crippen LogP contribution in [0.2, 0.25) is 0 Å². The second-order valence-electron chi connectivity index (χ2n) is 9.54. The quantitative estimate of drug-likeness (QED) is 0.264. The van der Waals surface area contributed by atoms with Gasteiger partial charge in [-0.15, -0.1) is 23.1 Å². The van der Waals surface area contributed by atoms with Crippen LogP contribution in [0, 0.1) is 0 Å². The van der Waals surface area contributed by atoms with E-state index < -0.39 is 0 Å². The number of thiophene rings is 1. The summed E-state index contributed by atoms with van der Waals surface area (Å²) < 4.78 is 2.52. The van der Waals surface area contributed by atoms with Crippen molar-refractivity contribution < 1.29 is 0 Å². The minimum atomic E-state index is 0.0517. The van der Waals surface area contributed by atoms with Gasteiger partial charge in [-0.05, 0) is 58.0 Å². The Balaban J connectivity index is 1.66. The molecule has 2 aromatic heterocycles. The van der Waals surface area contributed by atoms with Crippen LogP contribution in [-0.2, 0) is 11.8 Å². The molecule has 31 heavy (non-hydrogen) atoms. The lowest BCUT2D eigenvalue weighted by Crippen LogP contribution is -2.12. The van der Waals surface area contributed by atoms with E-state index in [2.05, 4.69) is 76.2 Å². The normalized spacial score (nSPS) is 16.5. The molecule has 5 aromatic rings. The fraction of sp³-hybridized carbons (Fsp3) is 0.259. The third-order valence-corrected chi connectivity index (χ3v) is 8.60. The molecule has 0 N–H and O–H groups in total. The molecule has 1 aliphatic heterocycles. The zero-order valence-electron chi connectivity index (χ0n) is 18.2. The van der Waals surface area contributed by atoms with Crippen molar-refractivity contribution in [2.45, 2.75) is 49.7 Å². The molecule has 154 valence electrons. The maximum Gasteiger partial charge on any atom is 0.116 e. The first-order valence-corrected chi connectivity index (χ1v) is 12.5. The van der Waals surface area contributed by atoms with Crippen LogP contribution in [-0.4, -0.2) is 15.2 Å². The van der Waals surface area contributed by atoms with Crippen LogP contribution in [0.15, 0.2) is 59.8 Å². The molecule has 0 fully saturated rings. The number of hydrogen-bond donors (Lipinski definition) is 0. The number of thioether (sulfide) groups is 1. The monoisotopic (exact) mass is 440 g/mol. The maximum atomic E-state index is 4.80. The SMILES string of the molecule is CC1Cc2c(ccc3sc4c(-c5cc(C(C)(C)C)c6ccccc6c5)ncnc4c23)S1. The van der Waals surface area contributed by atoms with Crippen molar-refractivity contribution in [3.05, 3.63) is 66.0 Å².